The lowest BCUT2D eigenvalue weighted by Gasteiger charge is -2.14. The molecule has 1 heterocycles. The van der Waals surface area contributed by atoms with Crippen molar-refractivity contribution in [1.29, 1.82) is 5.26 Å². The zero-order chi connectivity index (χ0) is 17.7. The predicted octanol–water partition coefficient (Wildman–Crippen LogP) is 1.10. The van der Waals surface area contributed by atoms with Crippen molar-refractivity contribution in [2.45, 2.75) is 20.1 Å². The van der Waals surface area contributed by atoms with Crippen molar-refractivity contribution in [3.05, 3.63) is 61.8 Å². The van der Waals surface area contributed by atoms with Crippen LogP contribution in [-0.4, -0.2) is 15.7 Å². The zero-order valence-corrected chi connectivity index (χ0v) is 14.0. The van der Waals surface area contributed by atoms with E-state index in [-0.39, 0.29) is 11.4 Å². The van der Waals surface area contributed by atoms with E-state index in [1.54, 1.807) is 0 Å². The number of anilines is 1. The molecule has 0 bridgehead atoms. The van der Waals surface area contributed by atoms with E-state index in [0.717, 1.165) is 15.7 Å². The molecule has 7 heteroatoms. The molecule has 0 spiro atoms. The molecule has 0 unspecified atom stereocenters. The fourth-order valence-corrected chi connectivity index (χ4v) is 2.31. The fourth-order valence-electron chi connectivity index (χ4n) is 2.31. The highest BCUT2D eigenvalue weighted by atomic mass is 16.5. The summed E-state index contributed by atoms with van der Waals surface area (Å²) in [7, 11) is 2.88. The van der Waals surface area contributed by atoms with Gasteiger partial charge >= 0.3 is 5.69 Å². The van der Waals surface area contributed by atoms with E-state index >= 15 is 0 Å². The first-order valence-electron chi connectivity index (χ1n) is 7.59. The number of nitrogens with zero attached hydrogens (tertiary/aromatic N) is 3. The Morgan fingerprint density at radius 1 is 1.12 bits per heavy atom. The molecule has 0 saturated carbocycles. The van der Waals surface area contributed by atoms with Crippen molar-refractivity contribution < 1.29 is 4.74 Å². The smallest absolute Gasteiger partial charge is 0.332 e. The highest BCUT2D eigenvalue weighted by molar-refractivity contribution is 5.51. The van der Waals surface area contributed by atoms with Crippen LogP contribution in [0.2, 0.25) is 0 Å². The Morgan fingerprint density at radius 2 is 1.75 bits per heavy atom. The van der Waals surface area contributed by atoms with Crippen LogP contribution in [0, 0.1) is 11.3 Å². The number of hydrogen-bond donors (Lipinski definition) is 1. The van der Waals surface area contributed by atoms with Gasteiger partial charge in [0.2, 0.25) is 0 Å². The number of ether oxygens (including phenoxy) is 1. The highest BCUT2D eigenvalue weighted by Gasteiger charge is 2.14. The van der Waals surface area contributed by atoms with Gasteiger partial charge in [0.25, 0.3) is 5.56 Å². The maximum atomic E-state index is 12.0. The second kappa shape index (κ2) is 7.62. The van der Waals surface area contributed by atoms with E-state index in [2.05, 4.69) is 5.32 Å². The van der Waals surface area contributed by atoms with Crippen LogP contribution >= 0.6 is 0 Å². The van der Waals surface area contributed by atoms with Gasteiger partial charge in [-0.3, -0.25) is 13.9 Å². The molecule has 126 valence electrons. The number of benzene rings is 1. The van der Waals surface area contributed by atoms with E-state index in [4.69, 9.17) is 4.74 Å². The van der Waals surface area contributed by atoms with Gasteiger partial charge in [-0.05, 0) is 18.1 Å². The van der Waals surface area contributed by atoms with Crippen molar-refractivity contribution in [3.8, 4) is 6.07 Å². The lowest BCUT2D eigenvalue weighted by molar-refractivity contribution is 0.134. The third-order valence-electron chi connectivity index (χ3n) is 3.73. The molecular weight excluding hydrogens is 308 g/mol. The molecule has 2 rings (SSSR count). The molecule has 7 nitrogen and oxygen atoms in total. The summed E-state index contributed by atoms with van der Waals surface area (Å²) in [5, 5.41) is 12.2. The molecule has 0 aliphatic heterocycles. The first-order chi connectivity index (χ1) is 11.5. The lowest BCUT2D eigenvalue weighted by Crippen LogP contribution is -2.39. The third kappa shape index (κ3) is 3.55. The number of rotatable bonds is 6. The van der Waals surface area contributed by atoms with Crippen LogP contribution in [0.4, 0.5) is 5.82 Å². The van der Waals surface area contributed by atoms with Gasteiger partial charge in [-0.15, -0.1) is 0 Å². The Bertz CT molecular complexity index is 873. The predicted molar refractivity (Wildman–Crippen MR) is 90.7 cm³/mol. The lowest BCUT2D eigenvalue weighted by atomic mass is 10.1. The van der Waals surface area contributed by atoms with E-state index < -0.39 is 11.2 Å². The maximum absolute atomic E-state index is 12.0. The van der Waals surface area contributed by atoms with Crippen molar-refractivity contribution in [1.82, 2.24) is 9.13 Å². The Morgan fingerprint density at radius 3 is 2.33 bits per heavy atom. The third-order valence-corrected chi connectivity index (χ3v) is 3.73. The molecule has 0 aliphatic carbocycles. The standard InChI is InChI=1S/C17H20N4O3/c1-4-24-11-13-7-5-12(6-8-13)10-19-15-14(9-18)16(22)21(3)17(23)20(15)2/h5-8,19H,4,10-11H2,1-3H3. The average Bonchev–Trinajstić information content (AvgIpc) is 2.61. The summed E-state index contributed by atoms with van der Waals surface area (Å²) in [5.41, 5.74) is 0.878. The molecule has 0 radical (unpaired) electrons. The Balaban J connectivity index is 2.22. The fraction of sp³-hybridized carbons (Fsp3) is 0.353. The molecule has 0 amide bonds. The largest absolute Gasteiger partial charge is 0.377 e. The number of nitriles is 1. The van der Waals surface area contributed by atoms with Crippen molar-refractivity contribution in [3.63, 3.8) is 0 Å². The maximum Gasteiger partial charge on any atom is 0.332 e. The van der Waals surface area contributed by atoms with Crippen LogP contribution in [0.25, 0.3) is 0 Å². The SMILES string of the molecule is CCOCc1ccc(CNc2c(C#N)c(=O)n(C)c(=O)n2C)cc1. The van der Waals surface area contributed by atoms with Crippen molar-refractivity contribution in [2.24, 2.45) is 14.1 Å². The Kier molecular flexibility index (Phi) is 5.55. The summed E-state index contributed by atoms with van der Waals surface area (Å²) in [6.45, 7) is 3.56. The van der Waals surface area contributed by atoms with Gasteiger partial charge in [0.15, 0.2) is 5.56 Å². The monoisotopic (exact) mass is 328 g/mol. The first kappa shape index (κ1) is 17.5. The van der Waals surface area contributed by atoms with Crippen LogP contribution in [0.3, 0.4) is 0 Å². The van der Waals surface area contributed by atoms with Gasteiger partial charge in [-0.25, -0.2) is 4.79 Å². The Hall–Kier alpha value is -2.85. The van der Waals surface area contributed by atoms with Crippen LogP contribution in [-0.2, 0) is 32.0 Å². The molecule has 1 aromatic heterocycles. The van der Waals surface area contributed by atoms with Gasteiger partial charge in [-0.1, -0.05) is 24.3 Å². The summed E-state index contributed by atoms with van der Waals surface area (Å²) in [6, 6.07) is 9.66. The normalized spacial score (nSPS) is 10.4. The molecule has 0 aliphatic rings. The minimum Gasteiger partial charge on any atom is -0.377 e. The number of nitrogens with one attached hydrogen (secondary N) is 1. The second-order valence-electron chi connectivity index (χ2n) is 5.35. The summed E-state index contributed by atoms with van der Waals surface area (Å²) >= 11 is 0. The summed E-state index contributed by atoms with van der Waals surface area (Å²) in [5.74, 6) is 0.226. The summed E-state index contributed by atoms with van der Waals surface area (Å²) < 4.78 is 7.54. The zero-order valence-electron chi connectivity index (χ0n) is 14.0. The first-order valence-corrected chi connectivity index (χ1v) is 7.59. The highest BCUT2D eigenvalue weighted by Crippen LogP contribution is 2.11. The molecule has 1 N–H and O–H groups in total. The molecule has 1 aromatic carbocycles. The second-order valence-corrected chi connectivity index (χ2v) is 5.35. The average molecular weight is 328 g/mol. The van der Waals surface area contributed by atoms with Crippen LogP contribution < -0.4 is 16.6 Å². The quantitative estimate of drug-likeness (QED) is 0.858. The van der Waals surface area contributed by atoms with Crippen LogP contribution in [0.1, 0.15) is 23.6 Å². The van der Waals surface area contributed by atoms with Crippen molar-refractivity contribution in [2.75, 3.05) is 11.9 Å². The number of aromatic nitrogens is 2. The molecule has 24 heavy (non-hydrogen) atoms. The molecule has 0 atom stereocenters. The number of hydrogen-bond acceptors (Lipinski definition) is 5. The van der Waals surface area contributed by atoms with E-state index in [1.165, 1.54) is 18.7 Å². The van der Waals surface area contributed by atoms with Gasteiger partial charge in [-0.2, -0.15) is 5.26 Å². The Labute approximate surface area is 139 Å². The topological polar surface area (TPSA) is 89.1 Å². The molecule has 0 fully saturated rings. The summed E-state index contributed by atoms with van der Waals surface area (Å²) in [4.78, 5) is 24.0. The van der Waals surface area contributed by atoms with Crippen LogP contribution in [0.5, 0.6) is 0 Å². The van der Waals surface area contributed by atoms with E-state index in [0.29, 0.717) is 19.8 Å². The summed E-state index contributed by atoms with van der Waals surface area (Å²) in [6.07, 6.45) is 0. The van der Waals surface area contributed by atoms with Crippen molar-refractivity contribution >= 4 is 5.82 Å². The van der Waals surface area contributed by atoms with Gasteiger partial charge < -0.3 is 10.1 Å². The van der Waals surface area contributed by atoms with Gasteiger partial charge in [0.1, 0.15) is 11.9 Å². The molecule has 2 aromatic rings. The van der Waals surface area contributed by atoms with E-state index in [9.17, 15) is 14.9 Å². The minimum absolute atomic E-state index is 0.0763. The van der Waals surface area contributed by atoms with Gasteiger partial charge in [0, 0.05) is 27.2 Å². The minimum atomic E-state index is -0.602. The molecule has 0 saturated heterocycles. The van der Waals surface area contributed by atoms with E-state index in [1.807, 2.05) is 37.3 Å². The molecular formula is C17H20N4O3. The van der Waals surface area contributed by atoms with Crippen LogP contribution in [0.15, 0.2) is 33.9 Å². The van der Waals surface area contributed by atoms with Gasteiger partial charge in [0.05, 0.1) is 6.61 Å².